The van der Waals surface area contributed by atoms with E-state index in [9.17, 15) is 18.0 Å². The summed E-state index contributed by atoms with van der Waals surface area (Å²) in [6.07, 6.45) is -2.97. The van der Waals surface area contributed by atoms with Crippen molar-refractivity contribution in [3.63, 3.8) is 0 Å². The molecule has 0 saturated heterocycles. The first-order valence-electron chi connectivity index (χ1n) is 6.09. The van der Waals surface area contributed by atoms with Crippen LogP contribution in [0.3, 0.4) is 0 Å². The third kappa shape index (κ3) is 3.07. The monoisotopic (exact) mass is 306 g/mol. The lowest BCUT2D eigenvalue weighted by Crippen LogP contribution is -2.50. The van der Waals surface area contributed by atoms with E-state index >= 15 is 0 Å². The summed E-state index contributed by atoms with van der Waals surface area (Å²) in [6, 6.07) is 3.20. The third-order valence-corrected chi connectivity index (χ3v) is 3.68. The van der Waals surface area contributed by atoms with Crippen molar-refractivity contribution in [1.82, 2.24) is 0 Å². The molecule has 1 aromatic rings. The zero-order valence-corrected chi connectivity index (χ0v) is 11.5. The molecule has 20 heavy (non-hydrogen) atoms. The quantitative estimate of drug-likeness (QED) is 0.899. The molecule has 0 heterocycles. The number of anilines is 1. The Balaban J connectivity index is 2.27. The van der Waals surface area contributed by atoms with E-state index in [0.29, 0.717) is 0 Å². The average Bonchev–Trinajstić information content (AvgIpc) is 3.14. The summed E-state index contributed by atoms with van der Waals surface area (Å²) >= 11 is 5.57. The van der Waals surface area contributed by atoms with Crippen LogP contribution < -0.4 is 11.1 Å². The van der Waals surface area contributed by atoms with Gasteiger partial charge in [-0.2, -0.15) is 13.2 Å². The number of alkyl halides is 3. The molecule has 1 saturated carbocycles. The van der Waals surface area contributed by atoms with Crippen molar-refractivity contribution in [3.05, 3.63) is 28.8 Å². The van der Waals surface area contributed by atoms with Gasteiger partial charge in [0, 0.05) is 5.02 Å². The molecule has 1 aliphatic rings. The molecule has 0 bridgehead atoms. The highest BCUT2D eigenvalue weighted by Crippen LogP contribution is 2.40. The fraction of sp³-hybridized carbons (Fsp3) is 0.462. The summed E-state index contributed by atoms with van der Waals surface area (Å²) in [5, 5.41) is 2.22. The van der Waals surface area contributed by atoms with Crippen LogP contribution in [0.2, 0.25) is 5.02 Å². The minimum Gasteiger partial charge on any atom is -0.324 e. The lowest BCUT2D eigenvalue weighted by Gasteiger charge is -2.24. The van der Waals surface area contributed by atoms with Crippen LogP contribution in [0.5, 0.6) is 0 Å². The van der Waals surface area contributed by atoms with Crippen LogP contribution in [0.4, 0.5) is 18.9 Å². The molecular weight excluding hydrogens is 293 g/mol. The summed E-state index contributed by atoms with van der Waals surface area (Å²) in [6.45, 7) is 1.53. The third-order valence-electron chi connectivity index (χ3n) is 3.45. The van der Waals surface area contributed by atoms with Crippen molar-refractivity contribution >= 4 is 23.2 Å². The fourth-order valence-electron chi connectivity index (χ4n) is 1.99. The van der Waals surface area contributed by atoms with E-state index in [2.05, 4.69) is 5.32 Å². The van der Waals surface area contributed by atoms with Crippen LogP contribution in [0, 0.1) is 5.92 Å². The van der Waals surface area contributed by atoms with Crippen LogP contribution in [-0.2, 0) is 11.0 Å². The molecular formula is C13H14ClF3N2O. The summed E-state index contributed by atoms with van der Waals surface area (Å²) in [7, 11) is 0. The highest BCUT2D eigenvalue weighted by Gasteiger charge is 2.44. The van der Waals surface area contributed by atoms with Crippen LogP contribution in [0.25, 0.3) is 0 Å². The zero-order chi connectivity index (χ0) is 15.1. The summed E-state index contributed by atoms with van der Waals surface area (Å²) < 4.78 is 38.7. The first kappa shape index (κ1) is 15.1. The smallest absolute Gasteiger partial charge is 0.324 e. The number of nitrogens with one attached hydrogen (secondary N) is 1. The SMILES string of the molecule is CC(N)(C(=O)Nc1ccc(Cl)cc1C(F)(F)F)C1CC1. The van der Waals surface area contributed by atoms with E-state index in [-0.39, 0.29) is 16.6 Å². The number of halogens is 4. The second kappa shape index (κ2) is 4.93. The maximum absolute atomic E-state index is 12.9. The van der Waals surface area contributed by atoms with Crippen molar-refractivity contribution in [2.75, 3.05) is 5.32 Å². The molecule has 110 valence electrons. The Morgan fingerprint density at radius 3 is 2.50 bits per heavy atom. The van der Waals surface area contributed by atoms with Gasteiger partial charge in [0.15, 0.2) is 0 Å². The topological polar surface area (TPSA) is 55.1 Å². The molecule has 1 fully saturated rings. The van der Waals surface area contributed by atoms with Crippen molar-refractivity contribution in [2.45, 2.75) is 31.5 Å². The lowest BCUT2D eigenvalue weighted by atomic mass is 9.96. The predicted molar refractivity (Wildman–Crippen MR) is 70.4 cm³/mol. The largest absolute Gasteiger partial charge is 0.418 e. The number of carbonyl (C=O) groups is 1. The van der Waals surface area contributed by atoms with Crippen LogP contribution in [0.1, 0.15) is 25.3 Å². The van der Waals surface area contributed by atoms with Gasteiger partial charge in [-0.05, 0) is 43.9 Å². The lowest BCUT2D eigenvalue weighted by molar-refractivity contribution is -0.137. The Morgan fingerprint density at radius 1 is 1.40 bits per heavy atom. The van der Waals surface area contributed by atoms with Gasteiger partial charge >= 0.3 is 6.18 Å². The molecule has 3 nitrogen and oxygen atoms in total. The Hall–Kier alpha value is -1.27. The highest BCUT2D eigenvalue weighted by atomic mass is 35.5. The first-order chi connectivity index (χ1) is 9.12. The molecule has 0 radical (unpaired) electrons. The van der Waals surface area contributed by atoms with Gasteiger partial charge in [0.25, 0.3) is 0 Å². The van der Waals surface area contributed by atoms with Crippen LogP contribution >= 0.6 is 11.6 Å². The summed E-state index contributed by atoms with van der Waals surface area (Å²) in [5.74, 6) is -0.600. The Bertz CT molecular complexity index is 539. The van der Waals surface area contributed by atoms with Gasteiger partial charge in [0.1, 0.15) is 0 Å². The maximum Gasteiger partial charge on any atom is 0.418 e. The van der Waals surface area contributed by atoms with Gasteiger partial charge in [0.05, 0.1) is 16.8 Å². The summed E-state index contributed by atoms with van der Waals surface area (Å²) in [5.41, 5.74) is 3.41. The highest BCUT2D eigenvalue weighted by molar-refractivity contribution is 6.30. The van der Waals surface area contributed by atoms with E-state index in [0.717, 1.165) is 25.0 Å². The maximum atomic E-state index is 12.9. The molecule has 0 aliphatic heterocycles. The van der Waals surface area contributed by atoms with Gasteiger partial charge in [-0.25, -0.2) is 0 Å². The zero-order valence-electron chi connectivity index (χ0n) is 10.7. The van der Waals surface area contributed by atoms with Gasteiger partial charge in [-0.1, -0.05) is 11.6 Å². The van der Waals surface area contributed by atoms with Crippen molar-refractivity contribution in [3.8, 4) is 0 Å². The predicted octanol–water partition coefficient (Wildman–Crippen LogP) is 3.42. The molecule has 2 rings (SSSR count). The number of benzene rings is 1. The van der Waals surface area contributed by atoms with E-state index in [1.165, 1.54) is 13.0 Å². The standard InChI is InChI=1S/C13H14ClF3N2O/c1-12(18,7-2-3-7)11(20)19-10-5-4-8(14)6-9(10)13(15,16)17/h4-7H,2-3,18H2,1H3,(H,19,20). The van der Waals surface area contributed by atoms with Crippen molar-refractivity contribution in [2.24, 2.45) is 11.7 Å². The normalized spacial score (nSPS) is 18.5. The van der Waals surface area contributed by atoms with Gasteiger partial charge in [-0.15, -0.1) is 0 Å². The molecule has 3 N–H and O–H groups in total. The van der Waals surface area contributed by atoms with Gasteiger partial charge < -0.3 is 11.1 Å². The molecule has 0 spiro atoms. The first-order valence-corrected chi connectivity index (χ1v) is 6.47. The minimum absolute atomic E-state index is 0.0177. The van der Waals surface area contributed by atoms with E-state index in [1.54, 1.807) is 0 Å². The number of rotatable bonds is 3. The molecule has 1 unspecified atom stereocenters. The second-order valence-electron chi connectivity index (χ2n) is 5.20. The average molecular weight is 307 g/mol. The van der Waals surface area contributed by atoms with Gasteiger partial charge in [-0.3, -0.25) is 4.79 Å². The van der Waals surface area contributed by atoms with Crippen LogP contribution in [-0.4, -0.2) is 11.4 Å². The Labute approximate surface area is 119 Å². The number of nitrogens with two attached hydrogens (primary N) is 1. The summed E-state index contributed by atoms with van der Waals surface area (Å²) in [4.78, 5) is 12.0. The molecule has 1 amide bonds. The van der Waals surface area contributed by atoms with E-state index in [4.69, 9.17) is 17.3 Å². The molecule has 1 aromatic carbocycles. The number of hydrogen-bond donors (Lipinski definition) is 2. The number of carbonyl (C=O) groups excluding carboxylic acids is 1. The minimum atomic E-state index is -4.60. The van der Waals surface area contributed by atoms with Crippen LogP contribution in [0.15, 0.2) is 18.2 Å². The molecule has 1 atom stereocenters. The fourth-order valence-corrected chi connectivity index (χ4v) is 2.16. The van der Waals surface area contributed by atoms with Gasteiger partial charge in [0.2, 0.25) is 5.91 Å². The Kier molecular flexibility index (Phi) is 3.73. The Morgan fingerprint density at radius 2 is 2.00 bits per heavy atom. The molecule has 1 aliphatic carbocycles. The number of amides is 1. The van der Waals surface area contributed by atoms with E-state index in [1.807, 2.05) is 0 Å². The second-order valence-corrected chi connectivity index (χ2v) is 5.64. The van der Waals surface area contributed by atoms with Crippen molar-refractivity contribution < 1.29 is 18.0 Å². The van der Waals surface area contributed by atoms with E-state index < -0.39 is 23.2 Å². The van der Waals surface area contributed by atoms with Crippen molar-refractivity contribution in [1.29, 1.82) is 0 Å². The molecule has 7 heteroatoms. The number of hydrogen-bond acceptors (Lipinski definition) is 2. The molecule has 0 aromatic heterocycles.